The first-order chi connectivity index (χ1) is 37.4. The quantitative estimate of drug-likeness (QED) is 0.0327. The van der Waals surface area contributed by atoms with E-state index in [0.29, 0.717) is 71.4 Å². The molecule has 0 spiro atoms. The third-order valence-electron chi connectivity index (χ3n) is 14.5. The molecular weight excluding hydrogens is 1050 g/mol. The lowest BCUT2D eigenvalue weighted by molar-refractivity contribution is -0.144. The summed E-state index contributed by atoms with van der Waals surface area (Å²) in [6.45, 7) is 14.4. The Morgan fingerprint density at radius 1 is 0.821 bits per heavy atom. The fraction of sp³-hybridized carbons (Fsp3) is 0.534. The van der Waals surface area contributed by atoms with Crippen molar-refractivity contribution in [1.29, 1.82) is 0 Å². The molecule has 420 valence electrons. The largest absolute Gasteiger partial charge is 0.391 e. The molecule has 3 atom stereocenters. The standard InChI is InChI=1S/C58H78ClN11O6S2/c1-38-20-19-21-44(59)51(38)67-55(75)46-35-61-57(78-46)65-47-33-48(64-40(3)63-47)68-28-30-69(31-29-68)50(73)23-18-16-14-12-10-8-7-9-11-13-15-17-22-49(72)66-53(58(4,5)6)56(76)70-36-43(71)32-45(70)54(74)60-34-41-24-26-42(27-25-41)52-39(2)62-37-77-52/h19-21,24-27,33,35,37,43,45,53,71H,7-18,22-23,28-32,34,36H2,1-6H3,(H,60,74)(H,66,72)(H,67,75)(H,61,63,64,65)/t43-,45+,53-/m1/s1. The van der Waals surface area contributed by atoms with Gasteiger partial charge in [-0.2, -0.15) is 0 Å². The number of likely N-dealkylation sites (tertiary alicyclic amines) is 1. The molecule has 20 heteroatoms. The van der Waals surface area contributed by atoms with Crippen molar-refractivity contribution in [2.45, 2.75) is 163 Å². The van der Waals surface area contributed by atoms with Crippen LogP contribution in [0.2, 0.25) is 5.02 Å². The Hall–Kier alpha value is -6.02. The number of β-amino-alcohol motifs (C(OH)–C–C–N with tert-alkyl or cyclic N) is 1. The molecule has 5 N–H and O–H groups in total. The van der Waals surface area contributed by atoms with Crippen LogP contribution >= 0.6 is 34.3 Å². The molecule has 5 aromatic rings. The molecule has 0 aliphatic carbocycles. The van der Waals surface area contributed by atoms with Gasteiger partial charge in [0, 0.05) is 64.6 Å². The number of thiazole rings is 2. The van der Waals surface area contributed by atoms with E-state index in [9.17, 15) is 29.1 Å². The summed E-state index contributed by atoms with van der Waals surface area (Å²) in [5, 5.41) is 23.7. The summed E-state index contributed by atoms with van der Waals surface area (Å²) >= 11 is 9.11. The molecule has 5 amide bonds. The lowest BCUT2D eigenvalue weighted by Gasteiger charge is -2.35. The van der Waals surface area contributed by atoms with Crippen molar-refractivity contribution in [3.05, 3.63) is 92.8 Å². The fourth-order valence-electron chi connectivity index (χ4n) is 9.98. The summed E-state index contributed by atoms with van der Waals surface area (Å²) in [5.41, 5.74) is 5.62. The normalized spacial score (nSPS) is 16.0. The van der Waals surface area contributed by atoms with Crippen molar-refractivity contribution < 1.29 is 29.1 Å². The number of hydrogen-bond donors (Lipinski definition) is 5. The summed E-state index contributed by atoms with van der Waals surface area (Å²) in [6.07, 6.45) is 14.6. The number of piperazine rings is 1. The third-order valence-corrected chi connectivity index (χ3v) is 16.7. The Labute approximate surface area is 472 Å². The first-order valence-corrected chi connectivity index (χ1v) is 29.7. The maximum Gasteiger partial charge on any atom is 0.267 e. The maximum atomic E-state index is 14.0. The number of carbonyl (C=O) groups excluding carboxylic acids is 5. The van der Waals surface area contributed by atoms with Crippen LogP contribution in [0, 0.1) is 26.2 Å². The van der Waals surface area contributed by atoms with Gasteiger partial charge in [-0.3, -0.25) is 24.0 Å². The molecule has 2 saturated heterocycles. The number of anilines is 4. The van der Waals surface area contributed by atoms with Gasteiger partial charge in [-0.05, 0) is 61.8 Å². The number of para-hydroxylation sites is 1. The Morgan fingerprint density at radius 3 is 2.10 bits per heavy atom. The molecule has 2 aliphatic rings. The van der Waals surface area contributed by atoms with Crippen LogP contribution < -0.4 is 26.2 Å². The topological polar surface area (TPSA) is 215 Å². The van der Waals surface area contributed by atoms with Crippen molar-refractivity contribution in [2.24, 2.45) is 5.41 Å². The molecule has 5 heterocycles. The number of carbonyl (C=O) groups is 5. The lowest BCUT2D eigenvalue weighted by atomic mass is 9.85. The second-order valence-electron chi connectivity index (χ2n) is 21.8. The van der Waals surface area contributed by atoms with E-state index in [1.54, 1.807) is 17.4 Å². The van der Waals surface area contributed by atoms with Gasteiger partial charge < -0.3 is 41.1 Å². The maximum absolute atomic E-state index is 14.0. The van der Waals surface area contributed by atoms with E-state index in [-0.39, 0.29) is 49.0 Å². The molecule has 0 bridgehead atoms. The Balaban J connectivity index is 0.703. The van der Waals surface area contributed by atoms with Gasteiger partial charge >= 0.3 is 0 Å². The second kappa shape index (κ2) is 28.7. The molecule has 7 rings (SSSR count). The predicted octanol–water partition coefficient (Wildman–Crippen LogP) is 10.6. The monoisotopic (exact) mass is 1120 g/mol. The van der Waals surface area contributed by atoms with Crippen LogP contribution in [0.1, 0.15) is 149 Å². The minimum atomic E-state index is -0.839. The zero-order valence-corrected chi connectivity index (χ0v) is 48.6. The molecule has 17 nitrogen and oxygen atoms in total. The average molecular weight is 1120 g/mol. The number of rotatable bonds is 26. The van der Waals surface area contributed by atoms with Crippen LogP contribution in [0.5, 0.6) is 0 Å². The molecule has 0 saturated carbocycles. The number of hydrogen-bond acceptors (Lipinski definition) is 14. The number of unbranched alkanes of at least 4 members (excludes halogenated alkanes) is 11. The zero-order chi connectivity index (χ0) is 55.8. The highest BCUT2D eigenvalue weighted by Crippen LogP contribution is 2.31. The number of nitrogens with zero attached hydrogens (tertiary/aromatic N) is 7. The Morgan fingerprint density at radius 2 is 1.47 bits per heavy atom. The average Bonchev–Trinajstić information content (AvgIpc) is 4.22. The molecule has 2 aliphatic heterocycles. The van der Waals surface area contributed by atoms with Gasteiger partial charge in [-0.25, -0.2) is 19.9 Å². The van der Waals surface area contributed by atoms with Crippen molar-refractivity contribution >= 4 is 86.3 Å². The van der Waals surface area contributed by atoms with Gasteiger partial charge in [0.15, 0.2) is 5.13 Å². The molecule has 2 aromatic carbocycles. The van der Waals surface area contributed by atoms with Gasteiger partial charge in [0.25, 0.3) is 5.91 Å². The first-order valence-electron chi connectivity index (χ1n) is 27.7. The molecular formula is C58H78ClN11O6S2. The van der Waals surface area contributed by atoms with Crippen molar-refractivity contribution in [3.63, 3.8) is 0 Å². The van der Waals surface area contributed by atoms with E-state index in [1.165, 1.54) is 54.5 Å². The number of nitrogens with one attached hydrogen (secondary N) is 4. The van der Waals surface area contributed by atoms with Gasteiger partial charge in [0.1, 0.15) is 34.4 Å². The van der Waals surface area contributed by atoms with E-state index >= 15 is 0 Å². The van der Waals surface area contributed by atoms with Crippen LogP contribution in [-0.4, -0.2) is 115 Å². The molecule has 0 radical (unpaired) electrons. The molecule has 78 heavy (non-hydrogen) atoms. The minimum absolute atomic E-state index is 0.0389. The van der Waals surface area contributed by atoms with Crippen molar-refractivity contribution in [1.82, 2.24) is 40.4 Å². The summed E-state index contributed by atoms with van der Waals surface area (Å²) < 4.78 is 0. The SMILES string of the molecule is Cc1nc(Nc2ncc(C(=O)Nc3c(C)cccc3Cl)s2)cc(N2CCN(C(=O)CCCCCCCCCCCCCCC(=O)N[C@H](C(=O)N3C[C@H](O)C[C@H]3C(=O)NCc3ccc(-c4scnc4C)cc3)C(C)(C)C)CC2)n1. The van der Waals surface area contributed by atoms with E-state index in [2.05, 4.69) is 46.1 Å². The Kier molecular flexibility index (Phi) is 22.0. The van der Waals surface area contributed by atoms with Gasteiger partial charge in [0.2, 0.25) is 23.6 Å². The van der Waals surface area contributed by atoms with Gasteiger partial charge in [-0.15, -0.1) is 11.3 Å². The number of aliphatic hydroxyl groups excluding tert-OH is 1. The Bertz CT molecular complexity index is 2790. The summed E-state index contributed by atoms with van der Waals surface area (Å²) in [6, 6.07) is 13.6. The summed E-state index contributed by atoms with van der Waals surface area (Å²) in [4.78, 5) is 91.8. The van der Waals surface area contributed by atoms with Crippen molar-refractivity contribution in [3.8, 4) is 10.4 Å². The van der Waals surface area contributed by atoms with Crippen LogP contribution in [0.25, 0.3) is 10.4 Å². The summed E-state index contributed by atoms with van der Waals surface area (Å²) in [5.74, 6) is 1.02. The highest BCUT2D eigenvalue weighted by molar-refractivity contribution is 7.17. The van der Waals surface area contributed by atoms with Crippen molar-refractivity contribution in [2.75, 3.05) is 48.3 Å². The van der Waals surface area contributed by atoms with E-state index in [4.69, 9.17) is 11.6 Å². The highest BCUT2D eigenvalue weighted by atomic mass is 35.5. The molecule has 0 unspecified atom stereocenters. The number of aromatic nitrogens is 4. The fourth-order valence-corrected chi connectivity index (χ4v) is 11.8. The number of aryl methyl sites for hydroxylation is 3. The van der Waals surface area contributed by atoms with Crippen LogP contribution in [0.3, 0.4) is 0 Å². The van der Waals surface area contributed by atoms with Crippen LogP contribution in [0.15, 0.2) is 60.2 Å². The van der Waals surface area contributed by atoms with E-state index in [0.717, 1.165) is 78.0 Å². The van der Waals surface area contributed by atoms with Gasteiger partial charge in [0.05, 0.1) is 39.1 Å². The van der Waals surface area contributed by atoms with Gasteiger partial charge in [-0.1, -0.05) is 144 Å². The summed E-state index contributed by atoms with van der Waals surface area (Å²) in [7, 11) is 0. The van der Waals surface area contributed by atoms with Crippen LogP contribution in [0.4, 0.5) is 22.5 Å². The minimum Gasteiger partial charge on any atom is -0.391 e. The van der Waals surface area contributed by atoms with E-state index < -0.39 is 23.6 Å². The predicted molar refractivity (Wildman–Crippen MR) is 311 cm³/mol. The number of aliphatic hydroxyl groups is 1. The smallest absolute Gasteiger partial charge is 0.267 e. The number of halogens is 1. The number of benzene rings is 2. The second-order valence-corrected chi connectivity index (χ2v) is 24.0. The van der Waals surface area contributed by atoms with Crippen LogP contribution in [-0.2, 0) is 25.7 Å². The zero-order valence-electron chi connectivity index (χ0n) is 46.2. The molecule has 2 fully saturated rings. The third kappa shape index (κ3) is 17.2. The molecule has 3 aromatic heterocycles. The number of amides is 5. The first kappa shape index (κ1) is 59.6. The van der Waals surface area contributed by atoms with E-state index in [1.807, 2.05) is 94.4 Å². The highest BCUT2D eigenvalue weighted by Gasteiger charge is 2.44. The lowest BCUT2D eigenvalue weighted by Crippen LogP contribution is -2.57.